The number of hydrogen-bond acceptors (Lipinski definition) is 3. The number of hydrogen-bond donors (Lipinski definition) is 1. The number of amides is 1. The molecule has 3 aromatic rings. The predicted molar refractivity (Wildman–Crippen MR) is 112 cm³/mol. The van der Waals surface area contributed by atoms with Crippen molar-refractivity contribution in [3.8, 4) is 0 Å². The molecule has 3 aromatic carbocycles. The summed E-state index contributed by atoms with van der Waals surface area (Å²) in [4.78, 5) is 27.4. The Hall–Kier alpha value is -3.18. The van der Waals surface area contributed by atoms with Gasteiger partial charge in [-0.25, -0.2) is 0 Å². The van der Waals surface area contributed by atoms with E-state index < -0.39 is 17.7 Å². The highest BCUT2D eigenvalue weighted by Gasteiger charge is 2.46. The molecule has 1 N–H and O–H groups in total. The summed E-state index contributed by atoms with van der Waals surface area (Å²) in [5.74, 6) is -1.54. The minimum absolute atomic E-state index is 0.0855. The van der Waals surface area contributed by atoms with Gasteiger partial charge in [-0.05, 0) is 23.8 Å². The second kappa shape index (κ2) is 7.44. The standard InChI is InChI=1S/C23H16BrNO3/c24-17-12-7-13-18(14-17)25-20(15-8-3-1-4-9-15)19(22(27)23(25)28)21(26)16-10-5-2-6-11-16/h1-14,20,26H/b21-19+/t20-/m1/s1. The van der Waals surface area contributed by atoms with Crippen molar-refractivity contribution in [1.82, 2.24) is 0 Å². The summed E-state index contributed by atoms with van der Waals surface area (Å²) in [6.07, 6.45) is 0. The summed E-state index contributed by atoms with van der Waals surface area (Å²) >= 11 is 3.42. The third-order valence-corrected chi connectivity index (χ3v) is 5.19. The number of benzene rings is 3. The van der Waals surface area contributed by atoms with Gasteiger partial charge in [-0.15, -0.1) is 0 Å². The summed E-state index contributed by atoms with van der Waals surface area (Å²) < 4.78 is 0.793. The second-order valence-corrected chi connectivity index (χ2v) is 7.34. The second-order valence-electron chi connectivity index (χ2n) is 6.43. The van der Waals surface area contributed by atoms with E-state index in [0.29, 0.717) is 11.3 Å². The molecular weight excluding hydrogens is 418 g/mol. The highest BCUT2D eigenvalue weighted by atomic mass is 79.9. The molecule has 1 fully saturated rings. The van der Waals surface area contributed by atoms with Crippen LogP contribution < -0.4 is 4.90 Å². The van der Waals surface area contributed by atoms with E-state index in [1.807, 2.05) is 42.5 Å². The maximum atomic E-state index is 13.0. The lowest BCUT2D eigenvalue weighted by Gasteiger charge is -2.25. The summed E-state index contributed by atoms with van der Waals surface area (Å²) in [5, 5.41) is 10.9. The van der Waals surface area contributed by atoms with E-state index in [1.165, 1.54) is 4.90 Å². The van der Waals surface area contributed by atoms with E-state index in [1.54, 1.807) is 42.5 Å². The van der Waals surface area contributed by atoms with Gasteiger partial charge in [-0.3, -0.25) is 14.5 Å². The molecule has 0 aromatic heterocycles. The molecule has 0 unspecified atom stereocenters. The molecule has 0 aliphatic carbocycles. The van der Waals surface area contributed by atoms with Crippen LogP contribution >= 0.6 is 15.9 Å². The number of rotatable bonds is 3. The number of aliphatic hydroxyl groups excluding tert-OH is 1. The van der Waals surface area contributed by atoms with Gasteiger partial charge in [0.25, 0.3) is 11.7 Å². The Morgan fingerprint density at radius 2 is 1.50 bits per heavy atom. The van der Waals surface area contributed by atoms with Crippen LogP contribution in [0.25, 0.3) is 5.76 Å². The van der Waals surface area contributed by atoms with Crippen LogP contribution in [0, 0.1) is 0 Å². The molecule has 0 spiro atoms. The average molecular weight is 434 g/mol. The molecule has 4 rings (SSSR count). The van der Waals surface area contributed by atoms with Gasteiger partial charge in [-0.2, -0.15) is 0 Å². The molecular formula is C23H16BrNO3. The molecule has 4 nitrogen and oxygen atoms in total. The fourth-order valence-electron chi connectivity index (χ4n) is 3.43. The van der Waals surface area contributed by atoms with Crippen molar-refractivity contribution in [2.24, 2.45) is 0 Å². The lowest BCUT2D eigenvalue weighted by atomic mass is 9.95. The van der Waals surface area contributed by atoms with Gasteiger partial charge < -0.3 is 5.11 Å². The number of halogens is 1. The van der Waals surface area contributed by atoms with Crippen molar-refractivity contribution in [3.05, 3.63) is 106 Å². The first-order valence-electron chi connectivity index (χ1n) is 8.75. The number of carbonyl (C=O) groups is 2. The molecule has 0 saturated carbocycles. The van der Waals surface area contributed by atoms with Crippen LogP contribution in [-0.4, -0.2) is 16.8 Å². The van der Waals surface area contributed by atoms with E-state index in [-0.39, 0.29) is 11.3 Å². The molecule has 138 valence electrons. The van der Waals surface area contributed by atoms with Crippen molar-refractivity contribution < 1.29 is 14.7 Å². The van der Waals surface area contributed by atoms with Crippen molar-refractivity contribution in [2.75, 3.05) is 4.90 Å². The van der Waals surface area contributed by atoms with E-state index in [9.17, 15) is 14.7 Å². The zero-order valence-electron chi connectivity index (χ0n) is 14.7. The quantitative estimate of drug-likeness (QED) is 0.356. The van der Waals surface area contributed by atoms with Gasteiger partial charge in [0.05, 0.1) is 11.6 Å². The molecule has 1 heterocycles. The molecule has 1 amide bonds. The van der Waals surface area contributed by atoms with Gasteiger partial charge in [0.2, 0.25) is 0 Å². The summed E-state index contributed by atoms with van der Waals surface area (Å²) in [7, 11) is 0. The van der Waals surface area contributed by atoms with Crippen LogP contribution in [0.3, 0.4) is 0 Å². The maximum absolute atomic E-state index is 13.0. The Bertz CT molecular complexity index is 1080. The summed E-state index contributed by atoms with van der Waals surface area (Å²) in [6.45, 7) is 0. The number of aliphatic hydroxyl groups is 1. The topological polar surface area (TPSA) is 57.6 Å². The molecule has 28 heavy (non-hydrogen) atoms. The van der Waals surface area contributed by atoms with Crippen LogP contribution in [0.4, 0.5) is 5.69 Å². The minimum atomic E-state index is -0.712. The van der Waals surface area contributed by atoms with Crippen LogP contribution in [0.1, 0.15) is 17.2 Å². The average Bonchev–Trinajstić information content (AvgIpc) is 3.00. The van der Waals surface area contributed by atoms with Crippen molar-refractivity contribution >= 4 is 39.1 Å². The van der Waals surface area contributed by atoms with Gasteiger partial charge >= 0.3 is 0 Å². The van der Waals surface area contributed by atoms with Gasteiger partial charge in [0.1, 0.15) is 5.76 Å². The van der Waals surface area contributed by atoms with E-state index >= 15 is 0 Å². The first kappa shape index (κ1) is 18.2. The molecule has 1 aliphatic heterocycles. The van der Waals surface area contributed by atoms with Crippen LogP contribution in [0.5, 0.6) is 0 Å². The molecule has 1 saturated heterocycles. The molecule has 0 bridgehead atoms. The molecule has 0 radical (unpaired) electrons. The minimum Gasteiger partial charge on any atom is -0.507 e. The van der Waals surface area contributed by atoms with Crippen molar-refractivity contribution in [2.45, 2.75) is 6.04 Å². The normalized spacial score (nSPS) is 18.5. The highest BCUT2D eigenvalue weighted by molar-refractivity contribution is 9.10. The Kier molecular flexibility index (Phi) is 4.84. The zero-order chi connectivity index (χ0) is 19.7. The van der Waals surface area contributed by atoms with Gasteiger partial charge in [0, 0.05) is 15.7 Å². The lowest BCUT2D eigenvalue weighted by molar-refractivity contribution is -0.132. The number of Topliss-reactive ketones (excluding diaryl/α,β-unsaturated/α-hetero) is 1. The van der Waals surface area contributed by atoms with E-state index in [4.69, 9.17) is 0 Å². The Balaban J connectivity index is 1.95. The summed E-state index contributed by atoms with van der Waals surface area (Å²) in [5.41, 5.74) is 1.91. The monoisotopic (exact) mass is 433 g/mol. The van der Waals surface area contributed by atoms with E-state index in [0.717, 1.165) is 10.0 Å². The first-order chi connectivity index (χ1) is 13.6. The third kappa shape index (κ3) is 3.14. The van der Waals surface area contributed by atoms with Crippen molar-refractivity contribution in [1.29, 1.82) is 0 Å². The zero-order valence-corrected chi connectivity index (χ0v) is 16.3. The number of nitrogens with zero attached hydrogens (tertiary/aromatic N) is 1. The SMILES string of the molecule is O=C1C(=O)N(c2cccc(Br)c2)[C@H](c2ccccc2)/C1=C(\O)c1ccccc1. The smallest absolute Gasteiger partial charge is 0.300 e. The Morgan fingerprint density at radius 1 is 0.857 bits per heavy atom. The van der Waals surface area contributed by atoms with Crippen LogP contribution in [0.2, 0.25) is 0 Å². The fraction of sp³-hybridized carbons (Fsp3) is 0.0435. The van der Waals surface area contributed by atoms with Crippen LogP contribution in [0.15, 0.2) is 95.0 Å². The van der Waals surface area contributed by atoms with Gasteiger partial charge in [0.15, 0.2) is 0 Å². The Morgan fingerprint density at radius 3 is 2.14 bits per heavy atom. The summed E-state index contributed by atoms with van der Waals surface area (Å²) in [6, 6.07) is 24.5. The van der Waals surface area contributed by atoms with Gasteiger partial charge in [-0.1, -0.05) is 82.7 Å². The Labute approximate surface area is 170 Å². The molecule has 5 heteroatoms. The van der Waals surface area contributed by atoms with Crippen molar-refractivity contribution in [3.63, 3.8) is 0 Å². The molecule has 1 aliphatic rings. The first-order valence-corrected chi connectivity index (χ1v) is 9.54. The fourth-order valence-corrected chi connectivity index (χ4v) is 3.81. The number of carbonyl (C=O) groups excluding carboxylic acids is 2. The van der Waals surface area contributed by atoms with E-state index in [2.05, 4.69) is 15.9 Å². The number of anilines is 1. The molecule has 1 atom stereocenters. The van der Waals surface area contributed by atoms with Crippen LogP contribution in [-0.2, 0) is 9.59 Å². The maximum Gasteiger partial charge on any atom is 0.300 e. The lowest BCUT2D eigenvalue weighted by Crippen LogP contribution is -2.29. The largest absolute Gasteiger partial charge is 0.507 e. The number of ketones is 1. The predicted octanol–water partition coefficient (Wildman–Crippen LogP) is 5.08. The third-order valence-electron chi connectivity index (χ3n) is 4.69. The highest BCUT2D eigenvalue weighted by Crippen LogP contribution is 2.42.